The molecule has 3 rings (SSSR count). The molecule has 0 spiro atoms. The molecule has 30 heavy (non-hydrogen) atoms. The number of aromatic nitrogens is 1. The maximum absolute atomic E-state index is 12.3. The van der Waals surface area contributed by atoms with Crippen LogP contribution in [0, 0.1) is 0 Å². The van der Waals surface area contributed by atoms with Crippen LogP contribution >= 0.6 is 0 Å². The standard InChI is InChI=1S/C22H32N6O2/c1-23-22(24-8-12-27-9-2-3-10-27)25-18-19-5-4-6-20(17-19)26-21(29)7-11-28-13-15-30-16-14-28/h2-6,9-10,17H,7-8,11-16,18H2,1H3,(H,26,29)(H2,23,24,25). The van der Waals surface area contributed by atoms with Crippen LogP contribution in [-0.4, -0.2) is 67.8 Å². The van der Waals surface area contributed by atoms with Crippen LogP contribution in [0.25, 0.3) is 0 Å². The van der Waals surface area contributed by atoms with Gasteiger partial charge in [-0.25, -0.2) is 0 Å². The van der Waals surface area contributed by atoms with Crippen LogP contribution in [0.2, 0.25) is 0 Å². The smallest absolute Gasteiger partial charge is 0.225 e. The van der Waals surface area contributed by atoms with Gasteiger partial charge in [-0.1, -0.05) is 12.1 Å². The highest BCUT2D eigenvalue weighted by Crippen LogP contribution is 2.11. The van der Waals surface area contributed by atoms with Gasteiger partial charge < -0.3 is 25.3 Å². The summed E-state index contributed by atoms with van der Waals surface area (Å²) in [6, 6.07) is 11.9. The first-order chi connectivity index (χ1) is 14.7. The highest BCUT2D eigenvalue weighted by molar-refractivity contribution is 5.90. The number of morpholine rings is 1. The minimum Gasteiger partial charge on any atom is -0.379 e. The average molecular weight is 413 g/mol. The van der Waals surface area contributed by atoms with Gasteiger partial charge in [-0.05, 0) is 29.8 Å². The molecule has 0 saturated carbocycles. The molecule has 3 N–H and O–H groups in total. The average Bonchev–Trinajstić information content (AvgIpc) is 3.29. The number of hydrogen-bond donors (Lipinski definition) is 3. The summed E-state index contributed by atoms with van der Waals surface area (Å²) in [7, 11) is 1.76. The van der Waals surface area contributed by atoms with Crippen LogP contribution < -0.4 is 16.0 Å². The zero-order valence-electron chi connectivity index (χ0n) is 17.6. The normalized spacial score (nSPS) is 15.0. The molecule has 162 valence electrons. The molecule has 0 bridgehead atoms. The van der Waals surface area contributed by atoms with Crippen LogP contribution in [-0.2, 0) is 22.6 Å². The second-order valence-corrected chi connectivity index (χ2v) is 7.23. The summed E-state index contributed by atoms with van der Waals surface area (Å²) >= 11 is 0. The highest BCUT2D eigenvalue weighted by atomic mass is 16.5. The largest absolute Gasteiger partial charge is 0.379 e. The quantitative estimate of drug-likeness (QED) is 0.430. The fourth-order valence-electron chi connectivity index (χ4n) is 3.30. The third kappa shape index (κ3) is 7.53. The van der Waals surface area contributed by atoms with E-state index in [4.69, 9.17) is 4.74 Å². The first kappa shape index (κ1) is 21.9. The van der Waals surface area contributed by atoms with Crippen LogP contribution in [0.15, 0.2) is 53.8 Å². The van der Waals surface area contributed by atoms with E-state index in [0.717, 1.165) is 63.1 Å². The summed E-state index contributed by atoms with van der Waals surface area (Å²) < 4.78 is 7.46. The van der Waals surface area contributed by atoms with Crippen molar-refractivity contribution >= 4 is 17.6 Å². The van der Waals surface area contributed by atoms with E-state index >= 15 is 0 Å². The van der Waals surface area contributed by atoms with Gasteiger partial charge in [-0.15, -0.1) is 0 Å². The topological polar surface area (TPSA) is 82.9 Å². The Morgan fingerprint density at radius 2 is 1.90 bits per heavy atom. The molecule has 2 aromatic rings. The third-order valence-corrected chi connectivity index (χ3v) is 4.98. The Kier molecular flexibility index (Phi) is 8.74. The third-order valence-electron chi connectivity index (χ3n) is 4.98. The Bertz CT molecular complexity index is 800. The second-order valence-electron chi connectivity index (χ2n) is 7.23. The van der Waals surface area contributed by atoms with Crippen LogP contribution in [0.4, 0.5) is 5.69 Å². The van der Waals surface area contributed by atoms with E-state index in [1.165, 1.54) is 0 Å². The first-order valence-electron chi connectivity index (χ1n) is 10.5. The number of nitrogens with zero attached hydrogens (tertiary/aromatic N) is 3. The van der Waals surface area contributed by atoms with Gasteiger partial charge in [0.2, 0.25) is 5.91 Å². The minimum atomic E-state index is 0.0362. The number of carbonyl (C=O) groups is 1. The fourth-order valence-corrected chi connectivity index (χ4v) is 3.30. The Morgan fingerprint density at radius 1 is 1.10 bits per heavy atom. The van der Waals surface area contributed by atoms with Gasteiger partial charge in [0, 0.05) is 70.8 Å². The van der Waals surface area contributed by atoms with Crippen molar-refractivity contribution in [3.63, 3.8) is 0 Å². The molecular formula is C22H32N6O2. The summed E-state index contributed by atoms with van der Waals surface area (Å²) in [5.74, 6) is 0.788. The van der Waals surface area contributed by atoms with E-state index in [2.05, 4.69) is 30.4 Å². The van der Waals surface area contributed by atoms with Crippen molar-refractivity contribution < 1.29 is 9.53 Å². The van der Waals surface area contributed by atoms with Crippen molar-refractivity contribution in [2.75, 3.05) is 51.8 Å². The maximum atomic E-state index is 12.3. The molecule has 1 aliphatic heterocycles. The summed E-state index contributed by atoms with van der Waals surface area (Å²) in [5.41, 5.74) is 1.89. The molecule has 1 amide bonds. The number of hydrogen-bond acceptors (Lipinski definition) is 4. The van der Waals surface area contributed by atoms with Crippen molar-refractivity contribution in [3.05, 3.63) is 54.4 Å². The zero-order valence-corrected chi connectivity index (χ0v) is 17.6. The van der Waals surface area contributed by atoms with Crippen LogP contribution in [0.3, 0.4) is 0 Å². The monoisotopic (exact) mass is 412 g/mol. The van der Waals surface area contributed by atoms with Crippen molar-refractivity contribution in [2.24, 2.45) is 4.99 Å². The zero-order chi connectivity index (χ0) is 21.0. The highest BCUT2D eigenvalue weighted by Gasteiger charge is 2.12. The lowest BCUT2D eigenvalue weighted by Gasteiger charge is -2.26. The van der Waals surface area contributed by atoms with E-state index < -0.39 is 0 Å². The lowest BCUT2D eigenvalue weighted by molar-refractivity contribution is -0.116. The molecule has 0 aliphatic carbocycles. The van der Waals surface area contributed by atoms with Crippen molar-refractivity contribution in [1.29, 1.82) is 0 Å². The van der Waals surface area contributed by atoms with E-state index in [1.807, 2.05) is 48.8 Å². The molecule has 8 nitrogen and oxygen atoms in total. The Hall–Kier alpha value is -2.84. The van der Waals surface area contributed by atoms with Gasteiger partial charge in [0.1, 0.15) is 0 Å². The molecule has 1 saturated heterocycles. The summed E-state index contributed by atoms with van der Waals surface area (Å²) in [6.07, 6.45) is 4.57. The predicted molar refractivity (Wildman–Crippen MR) is 120 cm³/mol. The molecule has 8 heteroatoms. The summed E-state index contributed by atoms with van der Waals surface area (Å²) in [4.78, 5) is 18.8. The molecule has 0 unspecified atom stereocenters. The Morgan fingerprint density at radius 3 is 2.67 bits per heavy atom. The molecule has 2 heterocycles. The maximum Gasteiger partial charge on any atom is 0.225 e. The van der Waals surface area contributed by atoms with E-state index in [1.54, 1.807) is 7.05 Å². The number of benzene rings is 1. The number of ether oxygens (including phenoxy) is 1. The van der Waals surface area contributed by atoms with Crippen molar-refractivity contribution in [3.8, 4) is 0 Å². The number of guanidine groups is 1. The van der Waals surface area contributed by atoms with E-state index in [0.29, 0.717) is 13.0 Å². The van der Waals surface area contributed by atoms with Gasteiger partial charge in [-0.2, -0.15) is 0 Å². The van der Waals surface area contributed by atoms with E-state index in [-0.39, 0.29) is 5.91 Å². The number of amides is 1. The molecule has 0 radical (unpaired) electrons. The Labute approximate surface area is 178 Å². The van der Waals surface area contributed by atoms with Gasteiger partial charge in [0.05, 0.1) is 13.2 Å². The number of anilines is 1. The van der Waals surface area contributed by atoms with Gasteiger partial charge in [0.15, 0.2) is 5.96 Å². The molecule has 1 fully saturated rings. The molecule has 1 aromatic carbocycles. The lowest BCUT2D eigenvalue weighted by Crippen LogP contribution is -2.38. The first-order valence-corrected chi connectivity index (χ1v) is 10.5. The second kappa shape index (κ2) is 12.0. The number of aliphatic imine (C=N–C) groups is 1. The number of nitrogens with one attached hydrogen (secondary N) is 3. The van der Waals surface area contributed by atoms with Gasteiger partial charge >= 0.3 is 0 Å². The molecular weight excluding hydrogens is 380 g/mol. The summed E-state index contributed by atoms with van der Waals surface area (Å²) in [6.45, 7) is 6.35. The van der Waals surface area contributed by atoms with Crippen molar-refractivity contribution in [1.82, 2.24) is 20.1 Å². The predicted octanol–water partition coefficient (Wildman–Crippen LogP) is 1.51. The molecule has 1 aromatic heterocycles. The van der Waals surface area contributed by atoms with Crippen molar-refractivity contribution in [2.45, 2.75) is 19.5 Å². The SMILES string of the molecule is CN=C(NCCn1cccc1)NCc1cccc(NC(=O)CCN2CCOCC2)c1. The molecule has 1 aliphatic rings. The molecule has 0 atom stereocenters. The van der Waals surface area contributed by atoms with Gasteiger partial charge in [-0.3, -0.25) is 14.7 Å². The lowest BCUT2D eigenvalue weighted by atomic mass is 10.2. The minimum absolute atomic E-state index is 0.0362. The van der Waals surface area contributed by atoms with E-state index in [9.17, 15) is 4.79 Å². The Balaban J connectivity index is 1.39. The number of rotatable bonds is 9. The summed E-state index contributed by atoms with van der Waals surface area (Å²) in [5, 5.41) is 9.62. The fraction of sp³-hybridized carbons (Fsp3) is 0.455. The van der Waals surface area contributed by atoms with Crippen LogP contribution in [0.5, 0.6) is 0 Å². The number of carbonyl (C=O) groups excluding carboxylic acids is 1. The van der Waals surface area contributed by atoms with Gasteiger partial charge in [0.25, 0.3) is 0 Å². The van der Waals surface area contributed by atoms with Crippen LogP contribution in [0.1, 0.15) is 12.0 Å².